The first-order valence-corrected chi connectivity index (χ1v) is 5.55. The first-order chi connectivity index (χ1) is 7.49. The van der Waals surface area contributed by atoms with Crippen molar-refractivity contribution in [3.63, 3.8) is 0 Å². The van der Waals surface area contributed by atoms with Crippen molar-refractivity contribution in [1.29, 1.82) is 5.41 Å². The van der Waals surface area contributed by atoms with Crippen molar-refractivity contribution < 1.29 is 0 Å². The van der Waals surface area contributed by atoms with E-state index < -0.39 is 0 Å². The zero-order valence-electron chi connectivity index (χ0n) is 10.4. The minimum absolute atomic E-state index is 0.0831. The van der Waals surface area contributed by atoms with Gasteiger partial charge in [0.1, 0.15) is 11.7 Å². The number of rotatable bonds is 4. The summed E-state index contributed by atoms with van der Waals surface area (Å²) < 4.78 is 0. The van der Waals surface area contributed by atoms with Crippen molar-refractivity contribution in [3.8, 4) is 0 Å². The van der Waals surface area contributed by atoms with Crippen LogP contribution in [0.4, 0.5) is 5.82 Å². The molecule has 3 N–H and O–H groups in total. The second-order valence-electron chi connectivity index (χ2n) is 4.12. The number of hydrogen-bond donors (Lipinski definition) is 2. The fourth-order valence-corrected chi connectivity index (χ4v) is 1.85. The zero-order chi connectivity index (χ0) is 12.3. The number of pyridine rings is 1. The highest BCUT2D eigenvalue weighted by atomic mass is 15.2. The van der Waals surface area contributed by atoms with Gasteiger partial charge in [-0.25, -0.2) is 4.98 Å². The van der Waals surface area contributed by atoms with Crippen molar-refractivity contribution >= 4 is 11.7 Å². The summed E-state index contributed by atoms with van der Waals surface area (Å²) in [7, 11) is 0. The number of nitrogens with one attached hydrogen (secondary N) is 1. The molecule has 0 saturated heterocycles. The van der Waals surface area contributed by atoms with Gasteiger partial charge >= 0.3 is 0 Å². The molecule has 0 aliphatic carbocycles. The third kappa shape index (κ3) is 2.32. The fourth-order valence-electron chi connectivity index (χ4n) is 1.85. The third-order valence-electron chi connectivity index (χ3n) is 2.64. The maximum absolute atomic E-state index is 7.64. The maximum Gasteiger partial charge on any atom is 0.140 e. The summed E-state index contributed by atoms with van der Waals surface area (Å²) in [5.41, 5.74) is 7.37. The molecule has 16 heavy (non-hydrogen) atoms. The highest BCUT2D eigenvalue weighted by Gasteiger charge is 2.17. The summed E-state index contributed by atoms with van der Waals surface area (Å²) in [5, 5.41) is 7.64. The molecule has 0 bridgehead atoms. The van der Waals surface area contributed by atoms with Crippen LogP contribution in [0, 0.1) is 12.3 Å². The minimum Gasteiger partial charge on any atom is -0.384 e. The lowest BCUT2D eigenvalue weighted by Crippen LogP contribution is -2.33. The van der Waals surface area contributed by atoms with Gasteiger partial charge in [-0.1, -0.05) is 0 Å². The average molecular weight is 220 g/mol. The van der Waals surface area contributed by atoms with Gasteiger partial charge < -0.3 is 10.6 Å². The Morgan fingerprint density at radius 2 is 2.19 bits per heavy atom. The van der Waals surface area contributed by atoms with E-state index in [-0.39, 0.29) is 5.84 Å². The summed E-state index contributed by atoms with van der Waals surface area (Å²) in [5.74, 6) is 0.893. The summed E-state index contributed by atoms with van der Waals surface area (Å²) in [6.07, 6.45) is 1.77. The number of nitrogens with zero attached hydrogens (tertiary/aromatic N) is 2. The molecule has 0 radical (unpaired) electrons. The van der Waals surface area contributed by atoms with Crippen molar-refractivity contribution in [3.05, 3.63) is 23.4 Å². The summed E-state index contributed by atoms with van der Waals surface area (Å²) in [6.45, 7) is 9.10. The molecule has 0 aromatic carbocycles. The molecule has 0 unspecified atom stereocenters. The maximum atomic E-state index is 7.64. The quantitative estimate of drug-likeness (QED) is 0.601. The summed E-state index contributed by atoms with van der Waals surface area (Å²) in [6, 6.07) is 2.23. The van der Waals surface area contributed by atoms with Crippen LogP contribution in [0.3, 0.4) is 0 Å². The fraction of sp³-hybridized carbons (Fsp3) is 0.500. The molecule has 0 aliphatic heterocycles. The molecule has 0 atom stereocenters. The molecule has 4 heteroatoms. The van der Waals surface area contributed by atoms with Gasteiger partial charge in [0.05, 0.1) is 5.56 Å². The first-order valence-electron chi connectivity index (χ1n) is 5.55. The normalized spacial score (nSPS) is 10.6. The van der Waals surface area contributed by atoms with Gasteiger partial charge in [0.2, 0.25) is 0 Å². The van der Waals surface area contributed by atoms with Crippen LogP contribution in [0.15, 0.2) is 12.3 Å². The first kappa shape index (κ1) is 12.5. The number of nitrogen functional groups attached to an aromatic ring is 1. The van der Waals surface area contributed by atoms with Crippen LogP contribution in [0.25, 0.3) is 0 Å². The van der Waals surface area contributed by atoms with Gasteiger partial charge in [0, 0.05) is 18.8 Å². The average Bonchev–Trinajstić information content (AvgIpc) is 2.17. The van der Waals surface area contributed by atoms with Crippen molar-refractivity contribution in [2.45, 2.75) is 33.7 Å². The molecule has 0 saturated carbocycles. The predicted octanol–water partition coefficient (Wildman–Crippen LogP) is 1.91. The van der Waals surface area contributed by atoms with Crippen LogP contribution >= 0.6 is 0 Å². The van der Waals surface area contributed by atoms with Crippen LogP contribution in [0.5, 0.6) is 0 Å². The molecule has 0 spiro atoms. The lowest BCUT2D eigenvalue weighted by molar-refractivity contribution is 0.692. The van der Waals surface area contributed by atoms with Crippen molar-refractivity contribution in [2.75, 3.05) is 11.4 Å². The second kappa shape index (κ2) is 4.96. The van der Waals surface area contributed by atoms with E-state index >= 15 is 0 Å². The van der Waals surface area contributed by atoms with Crippen LogP contribution in [0.2, 0.25) is 0 Å². The Morgan fingerprint density at radius 3 is 2.62 bits per heavy atom. The van der Waals surface area contributed by atoms with Crippen molar-refractivity contribution in [1.82, 2.24) is 4.98 Å². The van der Waals surface area contributed by atoms with Gasteiger partial charge in [-0.15, -0.1) is 0 Å². The molecule has 1 rings (SSSR count). The SMILES string of the molecule is CCN(c1nccc(C)c1C(=N)N)C(C)C. The number of amidine groups is 1. The Kier molecular flexibility index (Phi) is 3.88. The number of nitrogens with two attached hydrogens (primary N) is 1. The van der Waals surface area contributed by atoms with E-state index in [2.05, 4.69) is 30.7 Å². The smallest absolute Gasteiger partial charge is 0.140 e. The predicted molar refractivity (Wildman–Crippen MR) is 68.1 cm³/mol. The Labute approximate surface area is 97.0 Å². The van der Waals surface area contributed by atoms with Gasteiger partial charge in [0.25, 0.3) is 0 Å². The standard InChI is InChI=1S/C12H20N4/c1-5-16(8(2)3)12-10(11(13)14)9(4)6-7-15-12/h6-8H,5H2,1-4H3,(H3,13,14). The third-order valence-corrected chi connectivity index (χ3v) is 2.64. The van der Waals surface area contributed by atoms with E-state index in [4.69, 9.17) is 11.1 Å². The molecular weight excluding hydrogens is 200 g/mol. The highest BCUT2D eigenvalue weighted by Crippen LogP contribution is 2.21. The van der Waals surface area contributed by atoms with Gasteiger partial charge in [-0.3, -0.25) is 5.41 Å². The highest BCUT2D eigenvalue weighted by molar-refractivity contribution is 6.01. The zero-order valence-corrected chi connectivity index (χ0v) is 10.4. The summed E-state index contributed by atoms with van der Waals surface area (Å²) in [4.78, 5) is 6.50. The van der Waals surface area contributed by atoms with Crippen molar-refractivity contribution in [2.24, 2.45) is 5.73 Å². The number of hydrogen-bond acceptors (Lipinski definition) is 3. The second-order valence-corrected chi connectivity index (χ2v) is 4.12. The molecule has 1 aromatic rings. The molecule has 4 nitrogen and oxygen atoms in total. The summed E-state index contributed by atoms with van der Waals surface area (Å²) >= 11 is 0. The Morgan fingerprint density at radius 1 is 1.56 bits per heavy atom. The number of aryl methyl sites for hydroxylation is 1. The Balaban J connectivity index is 3.31. The van der Waals surface area contributed by atoms with Gasteiger partial charge in [-0.2, -0.15) is 0 Å². The van der Waals surface area contributed by atoms with Crippen LogP contribution in [-0.2, 0) is 0 Å². The lowest BCUT2D eigenvalue weighted by atomic mass is 10.1. The minimum atomic E-state index is 0.0831. The molecule has 0 fully saturated rings. The lowest BCUT2D eigenvalue weighted by Gasteiger charge is -2.28. The van der Waals surface area contributed by atoms with E-state index in [1.165, 1.54) is 0 Å². The van der Waals surface area contributed by atoms with E-state index in [9.17, 15) is 0 Å². The molecule has 0 aliphatic rings. The van der Waals surface area contributed by atoms with E-state index in [0.29, 0.717) is 6.04 Å². The monoisotopic (exact) mass is 220 g/mol. The Bertz CT molecular complexity index is 385. The van der Waals surface area contributed by atoms with Gasteiger partial charge in [0.15, 0.2) is 0 Å². The number of anilines is 1. The molecule has 0 amide bonds. The van der Waals surface area contributed by atoms with E-state index in [1.807, 2.05) is 13.0 Å². The van der Waals surface area contributed by atoms with E-state index in [1.54, 1.807) is 6.20 Å². The largest absolute Gasteiger partial charge is 0.384 e. The van der Waals surface area contributed by atoms with Crippen LogP contribution < -0.4 is 10.6 Å². The van der Waals surface area contributed by atoms with Gasteiger partial charge in [-0.05, 0) is 39.3 Å². The Hall–Kier alpha value is -1.58. The molecule has 88 valence electrons. The number of aromatic nitrogens is 1. The molecular formula is C12H20N4. The topological polar surface area (TPSA) is 66.0 Å². The van der Waals surface area contributed by atoms with E-state index in [0.717, 1.165) is 23.5 Å². The van der Waals surface area contributed by atoms with Crippen LogP contribution in [0.1, 0.15) is 31.9 Å². The molecule has 1 heterocycles. The van der Waals surface area contributed by atoms with Crippen LogP contribution in [-0.4, -0.2) is 23.4 Å². The molecule has 1 aromatic heterocycles.